The van der Waals surface area contributed by atoms with E-state index < -0.39 is 0 Å². The molecule has 0 aliphatic carbocycles. The Hall–Kier alpha value is -2.91. The minimum absolute atomic E-state index is 0.124. The van der Waals surface area contributed by atoms with E-state index in [1.54, 1.807) is 17.5 Å². The SMILES string of the molecule is CCOc1ccccc1NC(=O)Cc1csc(SCC(=O)Nc2ccc(F)cc2)n1. The molecule has 2 N–H and O–H groups in total. The first-order valence-corrected chi connectivity index (χ1v) is 11.0. The van der Waals surface area contributed by atoms with Gasteiger partial charge in [-0.1, -0.05) is 23.9 Å². The van der Waals surface area contributed by atoms with Crippen molar-refractivity contribution in [2.75, 3.05) is 23.0 Å². The molecule has 0 radical (unpaired) electrons. The number of aromatic nitrogens is 1. The minimum Gasteiger partial charge on any atom is -0.492 e. The minimum atomic E-state index is -0.358. The van der Waals surface area contributed by atoms with E-state index >= 15 is 0 Å². The normalized spacial score (nSPS) is 10.5. The Morgan fingerprint density at radius 2 is 1.87 bits per heavy atom. The number of para-hydroxylation sites is 2. The van der Waals surface area contributed by atoms with Crippen molar-refractivity contribution in [1.82, 2.24) is 4.98 Å². The highest BCUT2D eigenvalue weighted by Gasteiger charge is 2.12. The Kier molecular flexibility index (Phi) is 7.81. The molecule has 1 heterocycles. The summed E-state index contributed by atoms with van der Waals surface area (Å²) in [5.41, 5.74) is 1.78. The van der Waals surface area contributed by atoms with Gasteiger partial charge in [0.2, 0.25) is 11.8 Å². The van der Waals surface area contributed by atoms with E-state index in [0.717, 1.165) is 0 Å². The van der Waals surface area contributed by atoms with Gasteiger partial charge in [0.25, 0.3) is 0 Å². The number of benzene rings is 2. The maximum Gasteiger partial charge on any atom is 0.234 e. The zero-order valence-electron chi connectivity index (χ0n) is 16.2. The molecular formula is C21H20FN3O3S2. The van der Waals surface area contributed by atoms with Gasteiger partial charge in [-0.2, -0.15) is 0 Å². The summed E-state index contributed by atoms with van der Waals surface area (Å²) in [6.07, 6.45) is 0.124. The van der Waals surface area contributed by atoms with Gasteiger partial charge in [-0.3, -0.25) is 9.59 Å². The number of nitrogens with one attached hydrogen (secondary N) is 2. The van der Waals surface area contributed by atoms with Gasteiger partial charge in [-0.25, -0.2) is 9.37 Å². The fraction of sp³-hybridized carbons (Fsp3) is 0.190. The molecule has 0 spiro atoms. The molecule has 2 amide bonds. The van der Waals surface area contributed by atoms with Crippen molar-refractivity contribution in [3.8, 4) is 5.75 Å². The maximum absolute atomic E-state index is 12.9. The van der Waals surface area contributed by atoms with Crippen molar-refractivity contribution >= 4 is 46.3 Å². The second-order valence-corrected chi connectivity index (χ2v) is 8.18. The van der Waals surface area contributed by atoms with Gasteiger partial charge < -0.3 is 15.4 Å². The molecule has 0 aliphatic rings. The fourth-order valence-corrected chi connectivity index (χ4v) is 4.15. The third-order valence-corrected chi connectivity index (χ3v) is 5.86. The van der Waals surface area contributed by atoms with Gasteiger partial charge in [-0.05, 0) is 43.3 Å². The van der Waals surface area contributed by atoms with E-state index in [9.17, 15) is 14.0 Å². The van der Waals surface area contributed by atoms with Crippen LogP contribution in [0.25, 0.3) is 0 Å². The predicted octanol–water partition coefficient (Wildman–Crippen LogP) is 4.59. The van der Waals surface area contributed by atoms with Crippen molar-refractivity contribution in [3.05, 3.63) is 65.4 Å². The van der Waals surface area contributed by atoms with Crippen molar-refractivity contribution in [2.45, 2.75) is 17.7 Å². The largest absolute Gasteiger partial charge is 0.492 e. The van der Waals surface area contributed by atoms with E-state index in [2.05, 4.69) is 15.6 Å². The Morgan fingerprint density at radius 3 is 2.63 bits per heavy atom. The Labute approximate surface area is 181 Å². The Bertz CT molecular complexity index is 1010. The number of amides is 2. The molecule has 0 saturated carbocycles. The Balaban J connectivity index is 1.48. The highest BCUT2D eigenvalue weighted by atomic mass is 32.2. The van der Waals surface area contributed by atoms with Crippen LogP contribution in [0.5, 0.6) is 5.75 Å². The molecule has 3 aromatic rings. The third-order valence-electron chi connectivity index (χ3n) is 3.79. The molecule has 30 heavy (non-hydrogen) atoms. The van der Waals surface area contributed by atoms with Crippen LogP contribution < -0.4 is 15.4 Å². The molecule has 0 saturated heterocycles. The van der Waals surface area contributed by atoms with Gasteiger partial charge in [0.15, 0.2) is 4.34 Å². The first-order valence-electron chi connectivity index (χ1n) is 9.18. The van der Waals surface area contributed by atoms with Crippen LogP contribution in [0.1, 0.15) is 12.6 Å². The number of hydrogen-bond donors (Lipinski definition) is 2. The number of ether oxygens (including phenoxy) is 1. The van der Waals surface area contributed by atoms with Crippen LogP contribution in [0, 0.1) is 5.82 Å². The monoisotopic (exact) mass is 445 g/mol. The molecule has 0 unspecified atom stereocenters. The second-order valence-electron chi connectivity index (χ2n) is 6.10. The topological polar surface area (TPSA) is 80.3 Å². The summed E-state index contributed by atoms with van der Waals surface area (Å²) in [6.45, 7) is 2.39. The lowest BCUT2D eigenvalue weighted by Crippen LogP contribution is -2.15. The average molecular weight is 446 g/mol. The molecule has 0 fully saturated rings. The van der Waals surface area contributed by atoms with Gasteiger partial charge in [0.05, 0.1) is 30.2 Å². The van der Waals surface area contributed by atoms with Gasteiger partial charge >= 0.3 is 0 Å². The van der Waals surface area contributed by atoms with Crippen LogP contribution in [-0.4, -0.2) is 29.2 Å². The van der Waals surface area contributed by atoms with E-state index in [0.29, 0.717) is 33.8 Å². The first kappa shape index (κ1) is 21.8. The maximum atomic E-state index is 12.9. The zero-order chi connectivity index (χ0) is 21.3. The average Bonchev–Trinajstić information content (AvgIpc) is 3.17. The predicted molar refractivity (Wildman–Crippen MR) is 118 cm³/mol. The Morgan fingerprint density at radius 1 is 1.10 bits per heavy atom. The summed E-state index contributed by atoms with van der Waals surface area (Å²) in [6, 6.07) is 12.8. The van der Waals surface area contributed by atoms with E-state index in [-0.39, 0.29) is 29.8 Å². The van der Waals surface area contributed by atoms with Gasteiger partial charge in [-0.15, -0.1) is 11.3 Å². The van der Waals surface area contributed by atoms with Gasteiger partial charge in [0, 0.05) is 11.1 Å². The molecule has 9 heteroatoms. The fourth-order valence-electron chi connectivity index (χ4n) is 2.50. The van der Waals surface area contributed by atoms with Crippen LogP contribution in [0.2, 0.25) is 0 Å². The van der Waals surface area contributed by atoms with Crippen LogP contribution in [0.15, 0.2) is 58.3 Å². The molecule has 3 rings (SSSR count). The van der Waals surface area contributed by atoms with Gasteiger partial charge in [0.1, 0.15) is 11.6 Å². The summed E-state index contributed by atoms with van der Waals surface area (Å²) in [5.74, 6) is 0.0166. The number of thioether (sulfide) groups is 1. The summed E-state index contributed by atoms with van der Waals surface area (Å²) in [5, 5.41) is 7.33. The number of carbonyl (C=O) groups is 2. The highest BCUT2D eigenvalue weighted by molar-refractivity contribution is 8.01. The standard InChI is InChI=1S/C21H20FN3O3S2/c1-2-28-18-6-4-3-5-17(18)25-19(26)11-16-12-29-21(24-16)30-13-20(27)23-15-9-7-14(22)8-10-15/h3-10,12H,2,11,13H2,1H3,(H,23,27)(H,25,26). The number of halogens is 1. The number of carbonyl (C=O) groups excluding carboxylic acids is 2. The summed E-state index contributed by atoms with van der Waals surface area (Å²) < 4.78 is 19.1. The third kappa shape index (κ3) is 6.57. The van der Waals surface area contributed by atoms with Crippen LogP contribution in [0.4, 0.5) is 15.8 Å². The lowest BCUT2D eigenvalue weighted by Gasteiger charge is -2.10. The number of rotatable bonds is 9. The quantitative estimate of drug-likeness (QED) is 0.471. The van der Waals surface area contributed by atoms with Crippen molar-refractivity contribution in [2.24, 2.45) is 0 Å². The molecule has 1 aromatic heterocycles. The highest BCUT2D eigenvalue weighted by Crippen LogP contribution is 2.25. The molecule has 156 valence electrons. The molecule has 0 bridgehead atoms. The zero-order valence-corrected chi connectivity index (χ0v) is 17.8. The molecule has 0 aliphatic heterocycles. The summed E-state index contributed by atoms with van der Waals surface area (Å²) >= 11 is 2.66. The van der Waals surface area contributed by atoms with E-state index in [1.807, 2.05) is 19.1 Å². The number of thiazole rings is 1. The lowest BCUT2D eigenvalue weighted by atomic mass is 10.2. The number of anilines is 2. The molecular weight excluding hydrogens is 425 g/mol. The van der Waals surface area contributed by atoms with Crippen LogP contribution in [0.3, 0.4) is 0 Å². The van der Waals surface area contributed by atoms with Crippen molar-refractivity contribution in [1.29, 1.82) is 0 Å². The van der Waals surface area contributed by atoms with Crippen LogP contribution >= 0.6 is 23.1 Å². The van der Waals surface area contributed by atoms with E-state index in [1.165, 1.54) is 47.4 Å². The number of hydrogen-bond acceptors (Lipinski definition) is 6. The summed E-state index contributed by atoms with van der Waals surface area (Å²) in [4.78, 5) is 28.8. The van der Waals surface area contributed by atoms with E-state index in [4.69, 9.17) is 4.74 Å². The molecule has 2 aromatic carbocycles. The molecule has 6 nitrogen and oxygen atoms in total. The molecule has 0 atom stereocenters. The van der Waals surface area contributed by atoms with Crippen LogP contribution in [-0.2, 0) is 16.0 Å². The van der Waals surface area contributed by atoms with Crippen molar-refractivity contribution in [3.63, 3.8) is 0 Å². The van der Waals surface area contributed by atoms with Crippen molar-refractivity contribution < 1.29 is 18.7 Å². The second kappa shape index (κ2) is 10.7. The lowest BCUT2D eigenvalue weighted by molar-refractivity contribution is -0.116. The number of nitrogens with zero attached hydrogens (tertiary/aromatic N) is 1. The smallest absolute Gasteiger partial charge is 0.234 e. The first-order chi connectivity index (χ1) is 14.5. The summed E-state index contributed by atoms with van der Waals surface area (Å²) in [7, 11) is 0.